The van der Waals surface area contributed by atoms with Crippen molar-refractivity contribution in [3.63, 3.8) is 0 Å². The fourth-order valence-electron chi connectivity index (χ4n) is 4.61. The van der Waals surface area contributed by atoms with Crippen LogP contribution in [0, 0.1) is 0 Å². The van der Waals surface area contributed by atoms with Gasteiger partial charge in [-0.05, 0) is 47.7 Å². The number of amides is 3. The average Bonchev–Trinajstić information content (AvgIpc) is 3.18. The first-order valence-corrected chi connectivity index (χ1v) is 12.0. The normalized spacial score (nSPS) is 14.3. The first-order chi connectivity index (χ1) is 17.5. The molecule has 5 heteroatoms. The molecule has 1 aliphatic rings. The molecule has 5 nitrogen and oxygen atoms in total. The molecule has 2 atom stereocenters. The van der Waals surface area contributed by atoms with E-state index in [1.165, 1.54) is 0 Å². The van der Waals surface area contributed by atoms with E-state index in [-0.39, 0.29) is 11.9 Å². The summed E-state index contributed by atoms with van der Waals surface area (Å²) >= 11 is 0. The monoisotopic (exact) mass is 474 g/mol. The Bertz CT molecular complexity index is 1360. The van der Waals surface area contributed by atoms with Crippen molar-refractivity contribution in [1.82, 2.24) is 10.2 Å². The van der Waals surface area contributed by atoms with Crippen molar-refractivity contribution < 1.29 is 14.4 Å². The molecule has 0 bridgehead atoms. The maximum absolute atomic E-state index is 13.4. The minimum Gasteiger partial charge on any atom is -0.347 e. The van der Waals surface area contributed by atoms with Gasteiger partial charge in [0.15, 0.2) is 0 Å². The predicted molar refractivity (Wildman–Crippen MR) is 139 cm³/mol. The van der Waals surface area contributed by atoms with E-state index in [0.29, 0.717) is 17.5 Å². The molecule has 0 aromatic heterocycles. The molecular formula is C31H26N2O3. The van der Waals surface area contributed by atoms with E-state index in [2.05, 4.69) is 17.4 Å². The number of imide groups is 1. The Hall–Kier alpha value is -4.51. The summed E-state index contributed by atoms with van der Waals surface area (Å²) < 4.78 is 0. The number of nitrogens with one attached hydrogen (secondary N) is 1. The van der Waals surface area contributed by atoms with E-state index in [4.69, 9.17) is 0 Å². The summed E-state index contributed by atoms with van der Waals surface area (Å²) in [6.45, 7) is 1.59. The second-order valence-corrected chi connectivity index (χ2v) is 8.94. The summed E-state index contributed by atoms with van der Waals surface area (Å²) in [7, 11) is 0. The third-order valence-corrected chi connectivity index (χ3v) is 6.61. The molecule has 178 valence electrons. The van der Waals surface area contributed by atoms with Gasteiger partial charge in [-0.15, -0.1) is 0 Å². The van der Waals surface area contributed by atoms with Crippen LogP contribution in [0.5, 0.6) is 0 Å². The third kappa shape index (κ3) is 4.56. The average molecular weight is 475 g/mol. The molecule has 0 saturated carbocycles. The first-order valence-electron chi connectivity index (χ1n) is 12.0. The van der Waals surface area contributed by atoms with Crippen molar-refractivity contribution in [2.24, 2.45) is 0 Å². The Morgan fingerprint density at radius 3 is 1.78 bits per heavy atom. The molecule has 1 heterocycles. The van der Waals surface area contributed by atoms with Gasteiger partial charge in [-0.3, -0.25) is 19.3 Å². The lowest BCUT2D eigenvalue weighted by Gasteiger charge is -2.26. The van der Waals surface area contributed by atoms with Crippen LogP contribution < -0.4 is 5.32 Å². The third-order valence-electron chi connectivity index (χ3n) is 6.61. The lowest BCUT2D eigenvalue weighted by Crippen LogP contribution is -2.48. The molecule has 1 N–H and O–H groups in total. The van der Waals surface area contributed by atoms with Gasteiger partial charge in [0.2, 0.25) is 5.91 Å². The van der Waals surface area contributed by atoms with Gasteiger partial charge < -0.3 is 5.32 Å². The zero-order chi connectivity index (χ0) is 25.1. The molecule has 0 saturated heterocycles. The van der Waals surface area contributed by atoms with Gasteiger partial charge in [0.05, 0.1) is 17.2 Å². The molecule has 36 heavy (non-hydrogen) atoms. The molecular weight excluding hydrogens is 448 g/mol. The second-order valence-electron chi connectivity index (χ2n) is 8.94. The topological polar surface area (TPSA) is 66.5 Å². The maximum Gasteiger partial charge on any atom is 0.262 e. The fourth-order valence-corrected chi connectivity index (χ4v) is 4.61. The van der Waals surface area contributed by atoms with Gasteiger partial charge in [0.25, 0.3) is 11.8 Å². The lowest BCUT2D eigenvalue weighted by atomic mass is 9.96. The Kier molecular flexibility index (Phi) is 6.46. The van der Waals surface area contributed by atoms with E-state index in [1.54, 1.807) is 31.2 Å². The van der Waals surface area contributed by atoms with Gasteiger partial charge in [-0.2, -0.15) is 0 Å². The summed E-state index contributed by atoms with van der Waals surface area (Å²) in [5.41, 5.74) is 4.89. The Labute approximate surface area is 210 Å². The van der Waals surface area contributed by atoms with Crippen molar-refractivity contribution in [2.45, 2.75) is 25.4 Å². The Morgan fingerprint density at radius 1 is 0.694 bits per heavy atom. The molecule has 0 aliphatic carbocycles. The van der Waals surface area contributed by atoms with Crippen molar-refractivity contribution >= 4 is 17.7 Å². The quantitative estimate of drug-likeness (QED) is 0.363. The number of benzene rings is 4. The van der Waals surface area contributed by atoms with Crippen molar-refractivity contribution in [2.75, 3.05) is 0 Å². The van der Waals surface area contributed by atoms with Gasteiger partial charge in [0, 0.05) is 0 Å². The van der Waals surface area contributed by atoms with E-state index >= 15 is 0 Å². The van der Waals surface area contributed by atoms with Crippen LogP contribution in [0.25, 0.3) is 11.1 Å². The van der Waals surface area contributed by atoms with Crippen molar-refractivity contribution in [3.8, 4) is 11.1 Å². The van der Waals surface area contributed by atoms with Crippen molar-refractivity contribution in [3.05, 3.63) is 131 Å². The van der Waals surface area contributed by atoms with E-state index in [9.17, 15) is 14.4 Å². The Morgan fingerprint density at radius 2 is 1.19 bits per heavy atom. The maximum atomic E-state index is 13.4. The Balaban J connectivity index is 1.39. The van der Waals surface area contributed by atoms with Crippen LogP contribution in [-0.2, 0) is 11.2 Å². The van der Waals surface area contributed by atoms with E-state index < -0.39 is 17.9 Å². The SMILES string of the molecule is C[C@@H](C(=O)N[C@H](Cc1ccccc1)c1ccc(-c2ccccc2)cc1)N1C(=O)c2ccccc2C1=O. The van der Waals surface area contributed by atoms with E-state index in [0.717, 1.165) is 27.2 Å². The molecule has 4 aromatic carbocycles. The number of carbonyl (C=O) groups excluding carboxylic acids is 3. The molecule has 5 rings (SSSR count). The van der Waals surface area contributed by atoms with Gasteiger partial charge in [-0.25, -0.2) is 0 Å². The number of hydrogen-bond donors (Lipinski definition) is 1. The summed E-state index contributed by atoms with van der Waals surface area (Å²) in [6, 6.07) is 33.5. The highest BCUT2D eigenvalue weighted by Gasteiger charge is 2.41. The molecule has 0 spiro atoms. The first kappa shape index (κ1) is 23.2. The molecule has 0 fully saturated rings. The van der Waals surface area contributed by atoms with Crippen LogP contribution in [0.15, 0.2) is 109 Å². The molecule has 0 unspecified atom stereocenters. The second kappa shape index (κ2) is 10.0. The standard InChI is InChI=1S/C31H26N2O3/c1-21(33-30(35)26-14-8-9-15-27(26)31(33)36)29(34)32-28(20-22-10-4-2-5-11-22)25-18-16-24(17-19-25)23-12-6-3-7-13-23/h2-19,21,28H,20H2,1H3,(H,32,34)/t21-,28+/m0/s1. The predicted octanol–water partition coefficient (Wildman–Crippen LogP) is 5.44. The summed E-state index contributed by atoms with van der Waals surface area (Å²) in [5, 5.41) is 3.10. The minimum atomic E-state index is -0.945. The number of hydrogen-bond acceptors (Lipinski definition) is 3. The minimum absolute atomic E-state index is 0.331. The molecule has 1 aliphatic heterocycles. The smallest absolute Gasteiger partial charge is 0.262 e. The summed E-state index contributed by atoms with van der Waals surface area (Å²) in [4.78, 5) is 40.2. The van der Waals surface area contributed by atoms with Gasteiger partial charge in [-0.1, -0.05) is 97.1 Å². The fraction of sp³-hybridized carbons (Fsp3) is 0.129. The highest BCUT2D eigenvalue weighted by atomic mass is 16.2. The van der Waals surface area contributed by atoms with Crippen LogP contribution in [0.3, 0.4) is 0 Å². The summed E-state index contributed by atoms with van der Waals surface area (Å²) in [6.07, 6.45) is 0.575. The number of rotatable bonds is 7. The zero-order valence-electron chi connectivity index (χ0n) is 19.9. The van der Waals surface area contributed by atoms with Crippen molar-refractivity contribution in [1.29, 1.82) is 0 Å². The highest BCUT2D eigenvalue weighted by Crippen LogP contribution is 2.27. The van der Waals surface area contributed by atoms with Crippen LogP contribution in [0.4, 0.5) is 0 Å². The van der Waals surface area contributed by atoms with Gasteiger partial charge in [0.1, 0.15) is 6.04 Å². The number of fused-ring (bicyclic) bond motifs is 1. The van der Waals surface area contributed by atoms with Crippen LogP contribution in [0.2, 0.25) is 0 Å². The lowest BCUT2D eigenvalue weighted by molar-refractivity contribution is -0.125. The molecule has 4 aromatic rings. The highest BCUT2D eigenvalue weighted by molar-refractivity contribution is 6.22. The number of nitrogens with zero attached hydrogens (tertiary/aromatic N) is 1. The number of carbonyl (C=O) groups is 3. The molecule has 3 amide bonds. The zero-order valence-corrected chi connectivity index (χ0v) is 19.9. The van der Waals surface area contributed by atoms with Crippen LogP contribution in [0.1, 0.15) is 44.8 Å². The van der Waals surface area contributed by atoms with Gasteiger partial charge >= 0.3 is 0 Å². The largest absolute Gasteiger partial charge is 0.347 e. The van der Waals surface area contributed by atoms with Crippen LogP contribution >= 0.6 is 0 Å². The molecule has 0 radical (unpaired) electrons. The van der Waals surface area contributed by atoms with Crippen LogP contribution in [-0.4, -0.2) is 28.7 Å². The van der Waals surface area contributed by atoms with E-state index in [1.807, 2.05) is 72.8 Å². The summed E-state index contributed by atoms with van der Waals surface area (Å²) in [5.74, 6) is -1.26.